The maximum Gasteiger partial charge on any atom is 0.0898 e. The molecule has 0 fully saturated rings. The van der Waals surface area contributed by atoms with E-state index < -0.39 is 6.10 Å². The number of hydrogen-bond acceptors (Lipinski definition) is 3. The van der Waals surface area contributed by atoms with Gasteiger partial charge in [-0.25, -0.2) is 0 Å². The lowest BCUT2D eigenvalue weighted by atomic mass is 10.0. The molecule has 0 heterocycles. The average Bonchev–Trinajstić information content (AvgIpc) is 2.33. The van der Waals surface area contributed by atoms with Gasteiger partial charge in [-0.3, -0.25) is 0 Å². The summed E-state index contributed by atoms with van der Waals surface area (Å²) in [5.41, 5.74) is 2.33. The van der Waals surface area contributed by atoms with Crippen molar-refractivity contribution >= 4 is 0 Å². The van der Waals surface area contributed by atoms with Crippen molar-refractivity contribution in [1.29, 1.82) is 0 Å². The predicted molar refractivity (Wildman–Crippen MR) is 79.3 cm³/mol. The van der Waals surface area contributed by atoms with Crippen LogP contribution in [0.4, 0.5) is 0 Å². The molecule has 3 heteroatoms. The monoisotopic (exact) mass is 265 g/mol. The smallest absolute Gasteiger partial charge is 0.0898 e. The van der Waals surface area contributed by atoms with Crippen molar-refractivity contribution in [2.45, 2.75) is 52.4 Å². The van der Waals surface area contributed by atoms with E-state index in [4.69, 9.17) is 4.74 Å². The average molecular weight is 265 g/mol. The second kappa shape index (κ2) is 7.04. The predicted octanol–water partition coefficient (Wildman–Crippen LogP) is 2.82. The zero-order valence-corrected chi connectivity index (χ0v) is 12.7. The molecule has 0 spiro atoms. The quantitative estimate of drug-likeness (QED) is 0.831. The minimum atomic E-state index is -0.481. The van der Waals surface area contributed by atoms with Gasteiger partial charge >= 0.3 is 0 Å². The van der Waals surface area contributed by atoms with Crippen LogP contribution >= 0.6 is 0 Å². The van der Waals surface area contributed by atoms with Gasteiger partial charge < -0.3 is 15.2 Å². The van der Waals surface area contributed by atoms with Crippen molar-refractivity contribution in [3.8, 4) is 0 Å². The lowest BCUT2D eigenvalue weighted by Crippen LogP contribution is -2.35. The topological polar surface area (TPSA) is 41.5 Å². The zero-order chi connectivity index (χ0) is 14.5. The Labute approximate surface area is 117 Å². The Morgan fingerprint density at radius 2 is 1.89 bits per heavy atom. The fourth-order valence-electron chi connectivity index (χ4n) is 1.90. The van der Waals surface area contributed by atoms with Crippen LogP contribution in [-0.2, 0) is 4.74 Å². The first-order valence-electron chi connectivity index (χ1n) is 6.90. The van der Waals surface area contributed by atoms with E-state index in [9.17, 15) is 5.11 Å². The van der Waals surface area contributed by atoms with Crippen LogP contribution < -0.4 is 5.32 Å². The number of aliphatic hydroxyl groups excluding tert-OH is 1. The Morgan fingerprint density at radius 3 is 2.47 bits per heavy atom. The molecular formula is C16H27NO2. The van der Waals surface area contributed by atoms with Crippen LogP contribution in [0, 0.1) is 6.92 Å². The molecule has 2 N–H and O–H groups in total. The Bertz CT molecular complexity index is 385. The van der Waals surface area contributed by atoms with Crippen LogP contribution in [0.3, 0.4) is 0 Å². The van der Waals surface area contributed by atoms with E-state index in [1.54, 1.807) is 0 Å². The van der Waals surface area contributed by atoms with Gasteiger partial charge in [-0.1, -0.05) is 24.3 Å². The third-order valence-electron chi connectivity index (χ3n) is 3.02. The molecule has 108 valence electrons. The minimum absolute atomic E-state index is 0.206. The molecule has 0 aliphatic carbocycles. The van der Waals surface area contributed by atoms with E-state index in [-0.39, 0.29) is 11.6 Å². The highest BCUT2D eigenvalue weighted by Gasteiger charge is 2.15. The number of aryl methyl sites for hydroxylation is 1. The summed E-state index contributed by atoms with van der Waals surface area (Å²) >= 11 is 0. The molecule has 1 aromatic carbocycles. The highest BCUT2D eigenvalue weighted by Crippen LogP contribution is 2.16. The van der Waals surface area contributed by atoms with Crippen LogP contribution in [0.25, 0.3) is 0 Å². The molecule has 0 aliphatic heterocycles. The molecule has 1 aromatic rings. The molecule has 0 aliphatic rings. The summed E-state index contributed by atoms with van der Waals surface area (Å²) < 4.78 is 5.56. The van der Waals surface area contributed by atoms with Crippen molar-refractivity contribution < 1.29 is 9.84 Å². The van der Waals surface area contributed by atoms with E-state index in [1.165, 1.54) is 11.1 Å². The molecule has 19 heavy (non-hydrogen) atoms. The normalized spacial score (nSPS) is 15.3. The maximum absolute atomic E-state index is 9.89. The standard InChI is InChI=1S/C16H27NO2/c1-12-8-6-7-9-15(12)13(2)17-10-14(18)11-19-16(3,4)5/h6-9,13-14,17-18H,10-11H2,1-5H3. The van der Waals surface area contributed by atoms with Gasteiger partial charge in [-0.2, -0.15) is 0 Å². The van der Waals surface area contributed by atoms with Gasteiger partial charge in [0.2, 0.25) is 0 Å². The maximum atomic E-state index is 9.89. The van der Waals surface area contributed by atoms with E-state index >= 15 is 0 Å². The number of rotatable bonds is 6. The van der Waals surface area contributed by atoms with Crippen LogP contribution in [0.15, 0.2) is 24.3 Å². The molecule has 2 unspecified atom stereocenters. The van der Waals surface area contributed by atoms with E-state index in [0.29, 0.717) is 13.2 Å². The second-order valence-corrected chi connectivity index (χ2v) is 6.06. The van der Waals surface area contributed by atoms with Crippen molar-refractivity contribution in [2.24, 2.45) is 0 Å². The van der Waals surface area contributed by atoms with Crippen LogP contribution in [0.2, 0.25) is 0 Å². The van der Waals surface area contributed by atoms with E-state index in [0.717, 1.165) is 0 Å². The van der Waals surface area contributed by atoms with E-state index in [2.05, 4.69) is 31.3 Å². The summed E-state index contributed by atoms with van der Waals surface area (Å²) in [6.45, 7) is 11.1. The SMILES string of the molecule is Cc1ccccc1C(C)NCC(O)COC(C)(C)C. The number of aliphatic hydroxyl groups is 1. The van der Waals surface area contributed by atoms with Crippen LogP contribution in [0.1, 0.15) is 44.9 Å². The first kappa shape index (κ1) is 16.2. The fraction of sp³-hybridized carbons (Fsp3) is 0.625. The number of benzene rings is 1. The summed E-state index contributed by atoms with van der Waals surface area (Å²) in [6.07, 6.45) is -0.481. The highest BCUT2D eigenvalue weighted by molar-refractivity contribution is 5.28. The minimum Gasteiger partial charge on any atom is -0.389 e. The molecule has 0 amide bonds. The summed E-state index contributed by atoms with van der Waals surface area (Å²) in [7, 11) is 0. The van der Waals surface area contributed by atoms with Gasteiger partial charge in [-0.15, -0.1) is 0 Å². The Hall–Kier alpha value is -0.900. The van der Waals surface area contributed by atoms with Crippen molar-refractivity contribution in [2.75, 3.05) is 13.2 Å². The van der Waals surface area contributed by atoms with Gasteiger partial charge in [0.15, 0.2) is 0 Å². The summed E-state index contributed by atoms with van der Waals surface area (Å²) in [5.74, 6) is 0. The van der Waals surface area contributed by atoms with Gasteiger partial charge in [0.1, 0.15) is 0 Å². The van der Waals surface area contributed by atoms with Gasteiger partial charge in [0.25, 0.3) is 0 Å². The lowest BCUT2D eigenvalue weighted by Gasteiger charge is -2.23. The first-order chi connectivity index (χ1) is 8.79. The molecule has 0 saturated heterocycles. The molecule has 1 rings (SSSR count). The first-order valence-corrected chi connectivity index (χ1v) is 6.90. The third kappa shape index (κ3) is 6.19. The van der Waals surface area contributed by atoms with Crippen LogP contribution in [0.5, 0.6) is 0 Å². The van der Waals surface area contributed by atoms with Crippen molar-refractivity contribution in [1.82, 2.24) is 5.32 Å². The van der Waals surface area contributed by atoms with Crippen LogP contribution in [-0.4, -0.2) is 30.0 Å². The molecule has 3 nitrogen and oxygen atoms in total. The highest BCUT2D eigenvalue weighted by atomic mass is 16.5. The van der Waals surface area contributed by atoms with Crippen molar-refractivity contribution in [3.05, 3.63) is 35.4 Å². The third-order valence-corrected chi connectivity index (χ3v) is 3.02. The number of hydrogen-bond donors (Lipinski definition) is 2. The van der Waals surface area contributed by atoms with Gasteiger partial charge in [-0.05, 0) is 45.7 Å². The lowest BCUT2D eigenvalue weighted by molar-refractivity contribution is -0.0482. The molecule has 0 aromatic heterocycles. The second-order valence-electron chi connectivity index (χ2n) is 6.06. The Morgan fingerprint density at radius 1 is 1.26 bits per heavy atom. The molecule has 0 radical (unpaired) electrons. The zero-order valence-electron chi connectivity index (χ0n) is 12.7. The van der Waals surface area contributed by atoms with Crippen molar-refractivity contribution in [3.63, 3.8) is 0 Å². The molecule has 0 saturated carbocycles. The largest absolute Gasteiger partial charge is 0.389 e. The summed E-state index contributed by atoms with van der Waals surface area (Å²) in [4.78, 5) is 0. The van der Waals surface area contributed by atoms with Gasteiger partial charge in [0.05, 0.1) is 18.3 Å². The molecule has 2 atom stereocenters. The van der Waals surface area contributed by atoms with Gasteiger partial charge in [0, 0.05) is 12.6 Å². The number of nitrogens with one attached hydrogen (secondary N) is 1. The molecule has 0 bridgehead atoms. The molecular weight excluding hydrogens is 238 g/mol. The Kier molecular flexibility index (Phi) is 5.98. The fourth-order valence-corrected chi connectivity index (χ4v) is 1.90. The summed E-state index contributed by atoms with van der Waals surface area (Å²) in [6, 6.07) is 8.53. The summed E-state index contributed by atoms with van der Waals surface area (Å²) in [5, 5.41) is 13.2. The van der Waals surface area contributed by atoms with E-state index in [1.807, 2.05) is 32.9 Å². The Balaban J connectivity index is 2.38. The number of ether oxygens (including phenoxy) is 1.